The predicted octanol–water partition coefficient (Wildman–Crippen LogP) is 2.90. The van der Waals surface area contributed by atoms with E-state index in [1.807, 2.05) is 32.0 Å². The van der Waals surface area contributed by atoms with Crippen molar-refractivity contribution in [3.8, 4) is 5.75 Å². The van der Waals surface area contributed by atoms with Crippen molar-refractivity contribution in [2.75, 3.05) is 7.05 Å². The van der Waals surface area contributed by atoms with E-state index in [0.717, 1.165) is 36.0 Å². The SMILES string of the molecule is CN[C@@H](C)C(=O)N[C@H]1Cc2ccc(O)cc2C2CC(C)(C)C(C(=O)N[C@@H]3CCCc4ccccc43)N2C1=O. The highest BCUT2D eigenvalue weighted by Crippen LogP contribution is 2.50. The molecular formula is C30H38N4O4. The molecule has 2 unspecified atom stereocenters. The number of benzene rings is 2. The third-order valence-corrected chi connectivity index (χ3v) is 8.62. The molecule has 3 aliphatic rings. The van der Waals surface area contributed by atoms with Crippen LogP contribution < -0.4 is 16.0 Å². The Morgan fingerprint density at radius 1 is 1.05 bits per heavy atom. The smallest absolute Gasteiger partial charge is 0.246 e. The van der Waals surface area contributed by atoms with Gasteiger partial charge in [-0.1, -0.05) is 44.2 Å². The Labute approximate surface area is 224 Å². The minimum atomic E-state index is -0.814. The highest BCUT2D eigenvalue weighted by atomic mass is 16.3. The van der Waals surface area contributed by atoms with Crippen molar-refractivity contribution in [2.45, 2.75) is 83.1 Å². The van der Waals surface area contributed by atoms with Gasteiger partial charge in [0.05, 0.1) is 18.1 Å². The molecule has 202 valence electrons. The fourth-order valence-electron chi connectivity index (χ4n) is 6.55. The second-order valence-corrected chi connectivity index (χ2v) is 11.7. The van der Waals surface area contributed by atoms with Crippen LogP contribution in [-0.4, -0.2) is 52.9 Å². The van der Waals surface area contributed by atoms with Gasteiger partial charge in [-0.25, -0.2) is 0 Å². The highest BCUT2D eigenvalue weighted by Gasteiger charge is 2.55. The van der Waals surface area contributed by atoms with Crippen molar-refractivity contribution in [3.05, 3.63) is 64.7 Å². The van der Waals surface area contributed by atoms with Crippen LogP contribution in [-0.2, 0) is 27.2 Å². The van der Waals surface area contributed by atoms with E-state index in [0.29, 0.717) is 12.8 Å². The number of carbonyl (C=O) groups is 3. The molecule has 5 rings (SSSR count). The molecule has 8 nitrogen and oxygen atoms in total. The zero-order valence-electron chi connectivity index (χ0n) is 22.6. The average molecular weight is 519 g/mol. The second-order valence-electron chi connectivity index (χ2n) is 11.7. The van der Waals surface area contributed by atoms with Gasteiger partial charge in [0.25, 0.3) is 0 Å². The summed E-state index contributed by atoms with van der Waals surface area (Å²) >= 11 is 0. The Morgan fingerprint density at radius 2 is 1.82 bits per heavy atom. The van der Waals surface area contributed by atoms with Crippen LogP contribution in [0.1, 0.15) is 74.4 Å². The quantitative estimate of drug-likeness (QED) is 0.487. The molecule has 0 saturated carbocycles. The predicted molar refractivity (Wildman–Crippen MR) is 144 cm³/mol. The second kappa shape index (κ2) is 10.1. The Morgan fingerprint density at radius 3 is 2.58 bits per heavy atom. The van der Waals surface area contributed by atoms with Crippen LogP contribution in [0.3, 0.4) is 0 Å². The molecule has 2 aromatic carbocycles. The van der Waals surface area contributed by atoms with E-state index in [4.69, 9.17) is 0 Å². The van der Waals surface area contributed by atoms with Gasteiger partial charge in [0, 0.05) is 6.42 Å². The Bertz CT molecular complexity index is 1260. The Kier molecular flexibility index (Phi) is 6.94. The molecular weight excluding hydrogens is 480 g/mol. The maximum atomic E-state index is 14.2. The maximum Gasteiger partial charge on any atom is 0.246 e. The molecule has 0 spiro atoms. The first-order valence-corrected chi connectivity index (χ1v) is 13.6. The van der Waals surface area contributed by atoms with Gasteiger partial charge < -0.3 is 26.0 Å². The van der Waals surface area contributed by atoms with Crippen LogP contribution in [0.5, 0.6) is 5.75 Å². The van der Waals surface area contributed by atoms with Crippen molar-refractivity contribution >= 4 is 17.7 Å². The largest absolute Gasteiger partial charge is 0.508 e. The van der Waals surface area contributed by atoms with Crippen LogP contribution in [0, 0.1) is 5.41 Å². The summed E-state index contributed by atoms with van der Waals surface area (Å²) in [6.45, 7) is 5.78. The summed E-state index contributed by atoms with van der Waals surface area (Å²) in [5, 5.41) is 19.5. The fourth-order valence-corrected chi connectivity index (χ4v) is 6.55. The topological polar surface area (TPSA) is 111 Å². The summed E-state index contributed by atoms with van der Waals surface area (Å²) in [6, 6.07) is 10.9. The van der Waals surface area contributed by atoms with Gasteiger partial charge in [0.2, 0.25) is 17.7 Å². The zero-order chi connectivity index (χ0) is 27.2. The molecule has 2 heterocycles. The maximum absolute atomic E-state index is 14.2. The molecule has 38 heavy (non-hydrogen) atoms. The number of aromatic hydroxyl groups is 1. The first-order chi connectivity index (χ1) is 18.1. The number of phenols is 1. The monoisotopic (exact) mass is 518 g/mol. The summed E-state index contributed by atoms with van der Waals surface area (Å²) in [6.07, 6.45) is 3.71. The number of amides is 3. The van der Waals surface area contributed by atoms with Gasteiger partial charge in [0.1, 0.15) is 17.8 Å². The molecule has 1 saturated heterocycles. The normalized spacial score (nSPS) is 26.4. The molecule has 2 aliphatic heterocycles. The number of rotatable bonds is 5. The number of nitrogens with zero attached hydrogens (tertiary/aromatic N) is 1. The van der Waals surface area contributed by atoms with Crippen molar-refractivity contribution in [2.24, 2.45) is 5.41 Å². The molecule has 0 bridgehead atoms. The first-order valence-electron chi connectivity index (χ1n) is 13.6. The van der Waals surface area contributed by atoms with Crippen molar-refractivity contribution in [1.82, 2.24) is 20.9 Å². The van der Waals surface area contributed by atoms with Crippen LogP contribution >= 0.6 is 0 Å². The lowest BCUT2D eigenvalue weighted by molar-refractivity contribution is -0.145. The number of nitrogens with one attached hydrogen (secondary N) is 3. The Balaban J connectivity index is 1.51. The van der Waals surface area contributed by atoms with E-state index in [1.54, 1.807) is 31.0 Å². The van der Waals surface area contributed by atoms with Gasteiger partial charge in [-0.2, -0.15) is 0 Å². The van der Waals surface area contributed by atoms with Gasteiger partial charge >= 0.3 is 0 Å². The lowest BCUT2D eigenvalue weighted by atomic mass is 9.81. The Hall–Kier alpha value is -3.39. The van der Waals surface area contributed by atoms with Crippen molar-refractivity contribution in [1.29, 1.82) is 0 Å². The highest BCUT2D eigenvalue weighted by molar-refractivity contribution is 5.95. The van der Waals surface area contributed by atoms with E-state index >= 15 is 0 Å². The molecule has 0 aromatic heterocycles. The van der Waals surface area contributed by atoms with Crippen molar-refractivity contribution < 1.29 is 19.5 Å². The summed E-state index contributed by atoms with van der Waals surface area (Å²) in [5.41, 5.74) is 3.60. The number of phenolic OH excluding ortho intramolecular Hbond substituents is 1. The molecule has 0 radical (unpaired) electrons. The zero-order valence-corrected chi connectivity index (χ0v) is 22.6. The molecule has 8 heteroatoms. The standard InChI is InChI=1S/C30H38N4O4/c1-17(31-4)27(36)33-24-14-19-12-13-20(35)15-22(19)25-16-30(2,3)26(34(25)29(24)38)28(37)32-23-11-7-9-18-8-5-6-10-21(18)23/h5-6,8,10,12-13,15,17,23-26,31,35H,7,9,11,14,16H2,1-4H3,(H,32,37)(H,33,36)/t17-,23+,24-,25?,26?/m0/s1. The summed E-state index contributed by atoms with van der Waals surface area (Å²) in [4.78, 5) is 42.7. The number of likely N-dealkylation sites (N-methyl/N-ethyl adjacent to an activating group) is 1. The molecule has 1 fully saturated rings. The summed E-state index contributed by atoms with van der Waals surface area (Å²) in [7, 11) is 1.69. The molecule has 2 aromatic rings. The molecule has 1 aliphatic carbocycles. The summed E-state index contributed by atoms with van der Waals surface area (Å²) < 4.78 is 0. The third kappa shape index (κ3) is 4.66. The van der Waals surface area contributed by atoms with Crippen LogP contribution in [0.4, 0.5) is 0 Å². The number of fused-ring (bicyclic) bond motifs is 4. The molecule has 4 N–H and O–H groups in total. The first kappa shape index (κ1) is 26.2. The van der Waals surface area contributed by atoms with E-state index in [9.17, 15) is 19.5 Å². The third-order valence-electron chi connectivity index (χ3n) is 8.62. The van der Waals surface area contributed by atoms with E-state index in [2.05, 4.69) is 28.1 Å². The van der Waals surface area contributed by atoms with E-state index in [1.165, 1.54) is 5.56 Å². The number of aryl methyl sites for hydroxylation is 1. The number of carbonyl (C=O) groups excluding carboxylic acids is 3. The van der Waals surface area contributed by atoms with Gasteiger partial charge in [0.15, 0.2) is 0 Å². The molecule has 3 amide bonds. The minimum Gasteiger partial charge on any atom is -0.508 e. The van der Waals surface area contributed by atoms with Gasteiger partial charge in [-0.05, 0) is 79.5 Å². The van der Waals surface area contributed by atoms with Crippen LogP contribution in [0.2, 0.25) is 0 Å². The van der Waals surface area contributed by atoms with Crippen LogP contribution in [0.15, 0.2) is 42.5 Å². The summed E-state index contributed by atoms with van der Waals surface area (Å²) in [5.74, 6) is -0.600. The fraction of sp³-hybridized carbons (Fsp3) is 0.500. The van der Waals surface area contributed by atoms with Gasteiger partial charge in [-0.15, -0.1) is 0 Å². The van der Waals surface area contributed by atoms with Crippen molar-refractivity contribution in [3.63, 3.8) is 0 Å². The van der Waals surface area contributed by atoms with E-state index < -0.39 is 23.5 Å². The average Bonchev–Trinajstić information content (AvgIpc) is 3.14. The molecule has 5 atom stereocenters. The lowest BCUT2D eigenvalue weighted by Crippen LogP contribution is -2.57. The number of hydrogen-bond donors (Lipinski definition) is 4. The minimum absolute atomic E-state index is 0.104. The van der Waals surface area contributed by atoms with Gasteiger partial charge in [-0.3, -0.25) is 14.4 Å². The van der Waals surface area contributed by atoms with Crippen LogP contribution in [0.25, 0.3) is 0 Å². The lowest BCUT2D eigenvalue weighted by Gasteiger charge is -2.36. The van der Waals surface area contributed by atoms with E-state index in [-0.39, 0.29) is 35.6 Å². The number of hydrogen-bond acceptors (Lipinski definition) is 5.